The second-order valence-corrected chi connectivity index (χ2v) is 9.46. The third kappa shape index (κ3) is 5.18. The first-order valence-corrected chi connectivity index (χ1v) is 11.9. The number of carboxylic acids is 1. The van der Waals surface area contributed by atoms with Crippen LogP contribution in [0.3, 0.4) is 0 Å². The molecule has 1 aromatic heterocycles. The summed E-state index contributed by atoms with van der Waals surface area (Å²) < 4.78 is 33.2. The van der Waals surface area contributed by atoms with E-state index < -0.39 is 16.0 Å². The zero-order chi connectivity index (χ0) is 23.5. The van der Waals surface area contributed by atoms with E-state index in [1.165, 1.54) is 18.3 Å². The lowest BCUT2D eigenvalue weighted by Crippen LogP contribution is -2.40. The number of aryl methyl sites for hydroxylation is 2. The van der Waals surface area contributed by atoms with Gasteiger partial charge in [-0.1, -0.05) is 17.7 Å². The van der Waals surface area contributed by atoms with Gasteiger partial charge in [-0.15, -0.1) is 0 Å². The standard InChI is InChI=1S/C22H27N3O6S/c1-4-31-22(28)16-6-5-9-25(13-16)20-18(21(26)27)11-17(12-23-20)24-32(29,30)19-8-7-14(2)10-15(19)3/h7-8,10-12,16,24H,4-6,9,13H2,1-3H3,(H,26,27)/t16-/m1/s1. The van der Waals surface area contributed by atoms with E-state index in [9.17, 15) is 23.1 Å². The fourth-order valence-electron chi connectivity index (χ4n) is 3.86. The normalized spacial score (nSPS) is 16.5. The number of aromatic nitrogens is 1. The van der Waals surface area contributed by atoms with Crippen molar-refractivity contribution in [3.63, 3.8) is 0 Å². The number of nitrogens with zero attached hydrogens (tertiary/aromatic N) is 2. The summed E-state index contributed by atoms with van der Waals surface area (Å²) >= 11 is 0. The van der Waals surface area contributed by atoms with E-state index >= 15 is 0 Å². The Kier molecular flexibility index (Phi) is 7.02. The third-order valence-corrected chi connectivity index (χ3v) is 6.85. The van der Waals surface area contributed by atoms with Crippen molar-refractivity contribution < 1.29 is 27.9 Å². The molecule has 0 bridgehead atoms. The molecular formula is C22H27N3O6S. The Morgan fingerprint density at radius 2 is 2.03 bits per heavy atom. The number of nitrogens with one attached hydrogen (secondary N) is 1. The minimum Gasteiger partial charge on any atom is -0.478 e. The number of anilines is 2. The molecule has 32 heavy (non-hydrogen) atoms. The van der Waals surface area contributed by atoms with Crippen LogP contribution in [0.15, 0.2) is 35.4 Å². The van der Waals surface area contributed by atoms with Gasteiger partial charge in [0.05, 0.1) is 29.3 Å². The Morgan fingerprint density at radius 3 is 2.69 bits per heavy atom. The predicted octanol–water partition coefficient (Wildman–Crippen LogP) is 2.98. The van der Waals surface area contributed by atoms with Gasteiger partial charge in [0.1, 0.15) is 11.4 Å². The van der Waals surface area contributed by atoms with Crippen LogP contribution in [-0.4, -0.2) is 50.1 Å². The maximum absolute atomic E-state index is 12.8. The monoisotopic (exact) mass is 461 g/mol. The van der Waals surface area contributed by atoms with Crippen molar-refractivity contribution in [2.75, 3.05) is 29.3 Å². The van der Waals surface area contributed by atoms with Crippen LogP contribution in [-0.2, 0) is 19.6 Å². The third-order valence-electron chi connectivity index (χ3n) is 5.31. The second-order valence-electron chi connectivity index (χ2n) is 7.81. The summed E-state index contributed by atoms with van der Waals surface area (Å²) in [5, 5.41) is 9.73. The summed E-state index contributed by atoms with van der Waals surface area (Å²) in [7, 11) is -3.92. The number of pyridine rings is 1. The summed E-state index contributed by atoms with van der Waals surface area (Å²) in [6.07, 6.45) is 2.63. The summed E-state index contributed by atoms with van der Waals surface area (Å²) in [6.45, 7) is 6.41. The SMILES string of the molecule is CCOC(=O)[C@@H]1CCCN(c2ncc(NS(=O)(=O)c3ccc(C)cc3C)cc2C(=O)O)C1. The molecule has 1 atom stereocenters. The Labute approximate surface area is 187 Å². The van der Waals surface area contributed by atoms with Crippen molar-refractivity contribution in [2.45, 2.75) is 38.5 Å². The molecule has 1 fully saturated rings. The molecule has 172 valence electrons. The van der Waals surface area contributed by atoms with Crippen LogP contribution in [0.25, 0.3) is 0 Å². The first-order valence-electron chi connectivity index (χ1n) is 10.4. The lowest BCUT2D eigenvalue weighted by Gasteiger charge is -2.33. The first kappa shape index (κ1) is 23.5. The largest absolute Gasteiger partial charge is 0.478 e. The van der Waals surface area contributed by atoms with Crippen molar-refractivity contribution in [1.82, 2.24) is 4.98 Å². The molecule has 2 N–H and O–H groups in total. The van der Waals surface area contributed by atoms with Crippen LogP contribution in [0.4, 0.5) is 11.5 Å². The summed E-state index contributed by atoms with van der Waals surface area (Å²) in [5.74, 6) is -1.72. The molecule has 0 unspecified atom stereocenters. The molecule has 3 rings (SSSR count). The highest BCUT2D eigenvalue weighted by molar-refractivity contribution is 7.92. The highest BCUT2D eigenvalue weighted by Crippen LogP contribution is 2.28. The summed E-state index contributed by atoms with van der Waals surface area (Å²) in [4.78, 5) is 30.1. The molecule has 10 heteroatoms. The first-order chi connectivity index (χ1) is 15.1. The van der Waals surface area contributed by atoms with Crippen molar-refractivity contribution in [3.05, 3.63) is 47.2 Å². The number of carbonyl (C=O) groups is 2. The number of esters is 1. The number of piperidine rings is 1. The molecule has 0 saturated carbocycles. The number of rotatable bonds is 7. The number of aromatic carboxylic acids is 1. The molecular weight excluding hydrogens is 434 g/mol. The molecule has 1 aromatic carbocycles. The van der Waals surface area contributed by atoms with Gasteiger partial charge in [-0.25, -0.2) is 18.2 Å². The van der Waals surface area contributed by atoms with Gasteiger partial charge in [-0.2, -0.15) is 0 Å². The van der Waals surface area contributed by atoms with Gasteiger partial charge in [0.2, 0.25) is 0 Å². The van der Waals surface area contributed by atoms with Crippen molar-refractivity contribution >= 4 is 33.5 Å². The second kappa shape index (κ2) is 9.56. The number of hydrogen-bond acceptors (Lipinski definition) is 7. The molecule has 1 aliphatic rings. The number of ether oxygens (including phenoxy) is 1. The van der Waals surface area contributed by atoms with Crippen molar-refractivity contribution in [3.8, 4) is 0 Å². The average molecular weight is 462 g/mol. The van der Waals surface area contributed by atoms with Crippen LogP contribution >= 0.6 is 0 Å². The van der Waals surface area contributed by atoms with Crippen LogP contribution in [0.1, 0.15) is 41.3 Å². The maximum Gasteiger partial charge on any atom is 0.339 e. The number of hydrogen-bond donors (Lipinski definition) is 2. The molecule has 0 spiro atoms. The van der Waals surface area contributed by atoms with E-state index in [4.69, 9.17) is 4.74 Å². The summed E-state index contributed by atoms with van der Waals surface area (Å²) in [5.41, 5.74) is 1.42. The van der Waals surface area contributed by atoms with E-state index in [0.29, 0.717) is 31.5 Å². The van der Waals surface area contributed by atoms with Crippen LogP contribution in [0, 0.1) is 19.8 Å². The molecule has 9 nitrogen and oxygen atoms in total. The molecule has 0 amide bonds. The highest BCUT2D eigenvalue weighted by Gasteiger charge is 2.30. The molecule has 1 aliphatic heterocycles. The molecule has 2 aromatic rings. The highest BCUT2D eigenvalue weighted by atomic mass is 32.2. The number of sulfonamides is 1. The lowest BCUT2D eigenvalue weighted by atomic mass is 9.98. The lowest BCUT2D eigenvalue weighted by molar-refractivity contribution is -0.148. The fraction of sp³-hybridized carbons (Fsp3) is 0.409. The number of benzene rings is 1. The van der Waals surface area contributed by atoms with Gasteiger partial charge in [-0.3, -0.25) is 9.52 Å². The maximum atomic E-state index is 12.8. The van der Waals surface area contributed by atoms with Crippen LogP contribution in [0.2, 0.25) is 0 Å². The van der Waals surface area contributed by atoms with Gasteiger partial charge < -0.3 is 14.7 Å². The van der Waals surface area contributed by atoms with E-state index in [2.05, 4.69) is 9.71 Å². The quantitative estimate of drug-likeness (QED) is 0.603. The Bertz CT molecular complexity index is 1130. The average Bonchev–Trinajstić information content (AvgIpc) is 2.73. The zero-order valence-corrected chi connectivity index (χ0v) is 19.1. The van der Waals surface area contributed by atoms with Gasteiger partial charge in [0.15, 0.2) is 0 Å². The Balaban J connectivity index is 1.88. The molecule has 0 radical (unpaired) electrons. The Hall–Kier alpha value is -3.14. The fourth-order valence-corrected chi connectivity index (χ4v) is 5.12. The zero-order valence-electron chi connectivity index (χ0n) is 18.3. The van der Waals surface area contributed by atoms with E-state index in [-0.39, 0.29) is 40.5 Å². The van der Waals surface area contributed by atoms with Gasteiger partial charge in [-0.05, 0) is 51.3 Å². The minimum atomic E-state index is -3.92. The smallest absolute Gasteiger partial charge is 0.339 e. The number of carboxylic acid groups (broad SMARTS) is 1. The minimum absolute atomic E-state index is 0.0464. The predicted molar refractivity (Wildman–Crippen MR) is 119 cm³/mol. The van der Waals surface area contributed by atoms with Crippen LogP contribution in [0.5, 0.6) is 0 Å². The van der Waals surface area contributed by atoms with E-state index in [0.717, 1.165) is 5.56 Å². The van der Waals surface area contributed by atoms with E-state index in [1.54, 1.807) is 30.9 Å². The van der Waals surface area contributed by atoms with Gasteiger partial charge >= 0.3 is 11.9 Å². The molecule has 0 aliphatic carbocycles. The van der Waals surface area contributed by atoms with Crippen molar-refractivity contribution in [1.29, 1.82) is 0 Å². The number of carbonyl (C=O) groups excluding carboxylic acids is 1. The van der Waals surface area contributed by atoms with Crippen molar-refractivity contribution in [2.24, 2.45) is 5.92 Å². The van der Waals surface area contributed by atoms with Crippen LogP contribution < -0.4 is 9.62 Å². The van der Waals surface area contributed by atoms with E-state index in [1.807, 2.05) is 6.92 Å². The topological polar surface area (TPSA) is 126 Å². The Morgan fingerprint density at radius 1 is 1.28 bits per heavy atom. The molecule has 1 saturated heterocycles. The van der Waals surface area contributed by atoms with Gasteiger partial charge in [0.25, 0.3) is 10.0 Å². The summed E-state index contributed by atoms with van der Waals surface area (Å²) in [6, 6.07) is 6.21. The molecule has 2 heterocycles. The van der Waals surface area contributed by atoms with Gasteiger partial charge in [0, 0.05) is 13.1 Å².